The Balaban J connectivity index is 1.70. The molecule has 3 rings (SSSR count). The summed E-state index contributed by atoms with van der Waals surface area (Å²) in [7, 11) is 1.54. The van der Waals surface area contributed by atoms with Crippen molar-refractivity contribution in [2.24, 2.45) is 0 Å². The minimum absolute atomic E-state index is 0.172. The molecule has 1 amide bonds. The third-order valence-electron chi connectivity index (χ3n) is 5.12. The largest absolute Gasteiger partial charge is 0.508 e. The zero-order valence-corrected chi connectivity index (χ0v) is 18.6. The van der Waals surface area contributed by atoms with E-state index in [1.165, 1.54) is 7.11 Å². The molecule has 32 heavy (non-hydrogen) atoms. The zero-order chi connectivity index (χ0) is 22.9. The van der Waals surface area contributed by atoms with Gasteiger partial charge in [-0.3, -0.25) is 9.78 Å². The second kappa shape index (κ2) is 11.1. The molecule has 0 aliphatic rings. The number of phenolic OH excluding ortho intramolecular Hbond substituents is 1. The fourth-order valence-electron chi connectivity index (χ4n) is 3.26. The van der Waals surface area contributed by atoms with Crippen molar-refractivity contribution in [3.8, 4) is 22.8 Å². The van der Waals surface area contributed by atoms with Gasteiger partial charge in [0.25, 0.3) is 5.91 Å². The lowest BCUT2D eigenvalue weighted by atomic mass is 10.1. The number of rotatable bonds is 10. The summed E-state index contributed by atoms with van der Waals surface area (Å²) in [6.07, 6.45) is 3.27. The number of benzene rings is 2. The molecule has 1 aromatic heterocycles. The lowest BCUT2D eigenvalue weighted by Crippen LogP contribution is -2.34. The van der Waals surface area contributed by atoms with E-state index in [0.717, 1.165) is 30.9 Å². The average Bonchev–Trinajstić information content (AvgIpc) is 2.82. The molecule has 1 heterocycles. The van der Waals surface area contributed by atoms with Crippen molar-refractivity contribution in [1.29, 1.82) is 0 Å². The summed E-state index contributed by atoms with van der Waals surface area (Å²) < 4.78 is 5.45. The summed E-state index contributed by atoms with van der Waals surface area (Å²) in [5.41, 5.74) is 2.71. The highest BCUT2D eigenvalue weighted by Crippen LogP contribution is 2.26. The summed E-state index contributed by atoms with van der Waals surface area (Å²) in [6, 6.07) is 12.1. The van der Waals surface area contributed by atoms with Crippen LogP contribution >= 0.6 is 0 Å². The monoisotopic (exact) mass is 435 g/mol. The van der Waals surface area contributed by atoms with Gasteiger partial charge in [-0.05, 0) is 49.5 Å². The second-order valence-corrected chi connectivity index (χ2v) is 7.16. The minimum Gasteiger partial charge on any atom is -0.508 e. The first-order chi connectivity index (χ1) is 15.5. The van der Waals surface area contributed by atoms with Crippen LogP contribution in [0.3, 0.4) is 0 Å². The summed E-state index contributed by atoms with van der Waals surface area (Å²) >= 11 is 0. The van der Waals surface area contributed by atoms with Crippen molar-refractivity contribution in [3.05, 3.63) is 60.4 Å². The number of nitrogens with one attached hydrogen (secondary N) is 2. The second-order valence-electron chi connectivity index (χ2n) is 7.16. The number of aromatic hydroxyl groups is 1. The first-order valence-electron chi connectivity index (χ1n) is 10.6. The topological polar surface area (TPSA) is 99.6 Å². The molecule has 8 nitrogen and oxygen atoms in total. The van der Waals surface area contributed by atoms with Gasteiger partial charge >= 0.3 is 0 Å². The summed E-state index contributed by atoms with van der Waals surface area (Å²) in [6.45, 7) is 7.48. The number of methoxy groups -OCH3 is 1. The molecule has 8 heteroatoms. The molecule has 2 aromatic carbocycles. The van der Waals surface area contributed by atoms with Crippen molar-refractivity contribution in [3.63, 3.8) is 0 Å². The first kappa shape index (κ1) is 23.0. The van der Waals surface area contributed by atoms with Gasteiger partial charge in [-0.25, -0.2) is 4.98 Å². The molecule has 0 atom stereocenters. The Hall–Kier alpha value is -3.65. The number of aromatic nitrogens is 2. The van der Waals surface area contributed by atoms with Gasteiger partial charge in [0.1, 0.15) is 17.3 Å². The molecule has 0 aliphatic carbocycles. The summed E-state index contributed by atoms with van der Waals surface area (Å²) in [5.74, 6) is 1.04. The van der Waals surface area contributed by atoms with Gasteiger partial charge in [-0.15, -0.1) is 0 Å². The molecular weight excluding hydrogens is 406 g/mol. The molecule has 168 valence electrons. The van der Waals surface area contributed by atoms with Crippen LogP contribution in [0.5, 0.6) is 11.5 Å². The van der Waals surface area contributed by atoms with E-state index in [4.69, 9.17) is 4.74 Å². The Morgan fingerprint density at radius 1 is 1.09 bits per heavy atom. The quantitative estimate of drug-likeness (QED) is 0.447. The number of amides is 1. The van der Waals surface area contributed by atoms with Crippen LogP contribution in [0, 0.1) is 0 Å². The van der Waals surface area contributed by atoms with Gasteiger partial charge in [0.15, 0.2) is 0 Å². The van der Waals surface area contributed by atoms with E-state index in [9.17, 15) is 9.90 Å². The fraction of sp³-hybridized carbons (Fsp3) is 0.292. The lowest BCUT2D eigenvalue weighted by molar-refractivity contribution is 0.0946. The van der Waals surface area contributed by atoms with E-state index in [2.05, 4.69) is 39.3 Å². The van der Waals surface area contributed by atoms with Crippen LogP contribution in [0.2, 0.25) is 0 Å². The molecule has 3 N–H and O–H groups in total. The van der Waals surface area contributed by atoms with Crippen LogP contribution in [0.25, 0.3) is 11.3 Å². The van der Waals surface area contributed by atoms with Crippen LogP contribution < -0.4 is 15.4 Å². The molecule has 3 aromatic rings. The Kier molecular flexibility index (Phi) is 7.99. The Morgan fingerprint density at radius 2 is 1.84 bits per heavy atom. The number of hydrogen-bond donors (Lipinski definition) is 3. The van der Waals surface area contributed by atoms with Gasteiger partial charge < -0.3 is 25.4 Å². The molecular formula is C24H29N5O3. The van der Waals surface area contributed by atoms with Crippen molar-refractivity contribution < 1.29 is 14.6 Å². The number of carbonyl (C=O) groups is 1. The number of likely N-dealkylation sites (N-methyl/N-ethyl adjacent to an activating group) is 1. The maximum absolute atomic E-state index is 12.6. The molecule has 0 saturated heterocycles. The van der Waals surface area contributed by atoms with Crippen molar-refractivity contribution in [2.75, 3.05) is 38.6 Å². The zero-order valence-electron chi connectivity index (χ0n) is 18.6. The molecule has 0 unspecified atom stereocenters. The average molecular weight is 436 g/mol. The van der Waals surface area contributed by atoms with Crippen LogP contribution in [0.15, 0.2) is 54.9 Å². The third-order valence-corrected chi connectivity index (χ3v) is 5.12. The predicted octanol–water partition coefficient (Wildman–Crippen LogP) is 3.67. The van der Waals surface area contributed by atoms with Gasteiger partial charge in [-0.1, -0.05) is 13.8 Å². The SMILES string of the molecule is CCN(CC)CCNC(=O)c1ccc(Nc2cncc(-c3ccc(O)cc3)n2)cc1OC. The first-order valence-corrected chi connectivity index (χ1v) is 10.6. The van der Waals surface area contributed by atoms with Crippen LogP contribution in [0.4, 0.5) is 11.5 Å². The molecule has 0 saturated carbocycles. The number of ether oxygens (including phenoxy) is 1. The normalized spacial score (nSPS) is 10.8. The van der Waals surface area contributed by atoms with Crippen molar-refractivity contribution >= 4 is 17.4 Å². The van der Waals surface area contributed by atoms with E-state index in [-0.39, 0.29) is 11.7 Å². The Labute approximate surface area is 188 Å². The third kappa shape index (κ3) is 5.95. The number of phenols is 1. The van der Waals surface area contributed by atoms with Crippen molar-refractivity contribution in [2.45, 2.75) is 13.8 Å². The van der Waals surface area contributed by atoms with Gasteiger partial charge in [0, 0.05) is 30.4 Å². The maximum Gasteiger partial charge on any atom is 0.255 e. The molecule has 0 radical (unpaired) electrons. The van der Waals surface area contributed by atoms with E-state index in [1.807, 2.05) is 0 Å². The minimum atomic E-state index is -0.172. The highest BCUT2D eigenvalue weighted by atomic mass is 16.5. The van der Waals surface area contributed by atoms with Crippen LogP contribution in [0.1, 0.15) is 24.2 Å². The highest BCUT2D eigenvalue weighted by molar-refractivity contribution is 5.97. The maximum atomic E-state index is 12.6. The predicted molar refractivity (Wildman–Crippen MR) is 126 cm³/mol. The smallest absolute Gasteiger partial charge is 0.255 e. The summed E-state index contributed by atoms with van der Waals surface area (Å²) in [5, 5.41) is 15.6. The van der Waals surface area contributed by atoms with Gasteiger partial charge in [0.05, 0.1) is 30.8 Å². The van der Waals surface area contributed by atoms with Gasteiger partial charge in [0.2, 0.25) is 0 Å². The summed E-state index contributed by atoms with van der Waals surface area (Å²) in [4.78, 5) is 23.7. The fourth-order valence-corrected chi connectivity index (χ4v) is 3.26. The van der Waals surface area contributed by atoms with E-state index >= 15 is 0 Å². The Bertz CT molecular complexity index is 1040. The van der Waals surface area contributed by atoms with Gasteiger partial charge in [-0.2, -0.15) is 0 Å². The number of anilines is 2. The standard InChI is InChI=1S/C24H29N5O3/c1-4-29(5-2)13-12-26-24(31)20-11-8-18(14-22(20)32-3)27-23-16-25-15-21(28-23)17-6-9-19(30)10-7-17/h6-11,14-16,30H,4-5,12-13H2,1-3H3,(H,26,31)(H,27,28). The lowest BCUT2D eigenvalue weighted by Gasteiger charge is -2.18. The van der Waals surface area contributed by atoms with Crippen LogP contribution in [-0.4, -0.2) is 59.2 Å². The Morgan fingerprint density at radius 3 is 2.53 bits per heavy atom. The van der Waals surface area contributed by atoms with E-state index in [0.29, 0.717) is 29.4 Å². The number of hydrogen-bond acceptors (Lipinski definition) is 7. The van der Waals surface area contributed by atoms with Crippen LogP contribution in [-0.2, 0) is 0 Å². The van der Waals surface area contributed by atoms with E-state index in [1.54, 1.807) is 54.9 Å². The number of nitrogens with zero attached hydrogens (tertiary/aromatic N) is 3. The van der Waals surface area contributed by atoms with E-state index < -0.39 is 0 Å². The van der Waals surface area contributed by atoms with Crippen molar-refractivity contribution in [1.82, 2.24) is 20.2 Å². The molecule has 0 bridgehead atoms. The molecule has 0 aliphatic heterocycles. The molecule has 0 fully saturated rings. The number of carbonyl (C=O) groups excluding carboxylic acids is 1. The molecule has 0 spiro atoms. The highest BCUT2D eigenvalue weighted by Gasteiger charge is 2.13.